The minimum Gasteiger partial charge on any atom is -0.397 e. The molecule has 18 heavy (non-hydrogen) atoms. The second-order valence-electron chi connectivity index (χ2n) is 4.46. The second kappa shape index (κ2) is 5.13. The van der Waals surface area contributed by atoms with Gasteiger partial charge in [0.25, 0.3) is 0 Å². The SMILES string of the molecule is CCc1ccccc1-c1ccc(N)c(N)c1CC. The second-order valence-corrected chi connectivity index (χ2v) is 4.46. The fourth-order valence-corrected chi connectivity index (χ4v) is 2.41. The first-order valence-corrected chi connectivity index (χ1v) is 6.44. The van der Waals surface area contributed by atoms with Gasteiger partial charge in [-0.25, -0.2) is 0 Å². The summed E-state index contributed by atoms with van der Waals surface area (Å²) in [6.07, 6.45) is 1.91. The van der Waals surface area contributed by atoms with Gasteiger partial charge in [-0.1, -0.05) is 44.2 Å². The van der Waals surface area contributed by atoms with Gasteiger partial charge in [0.2, 0.25) is 0 Å². The third kappa shape index (κ3) is 2.06. The maximum atomic E-state index is 6.10. The molecule has 2 heteroatoms. The first kappa shape index (κ1) is 12.5. The molecule has 0 fully saturated rings. The molecular weight excluding hydrogens is 220 g/mol. The lowest BCUT2D eigenvalue weighted by Gasteiger charge is -2.15. The molecule has 0 amide bonds. The zero-order chi connectivity index (χ0) is 13.1. The van der Waals surface area contributed by atoms with Crippen LogP contribution in [0.2, 0.25) is 0 Å². The molecule has 4 N–H and O–H groups in total. The highest BCUT2D eigenvalue weighted by Gasteiger charge is 2.11. The van der Waals surface area contributed by atoms with Crippen molar-refractivity contribution in [3.63, 3.8) is 0 Å². The van der Waals surface area contributed by atoms with E-state index in [0.29, 0.717) is 5.69 Å². The molecular formula is C16H20N2. The molecule has 0 unspecified atom stereocenters. The van der Waals surface area contributed by atoms with Crippen LogP contribution >= 0.6 is 0 Å². The molecule has 0 saturated heterocycles. The van der Waals surface area contributed by atoms with Crippen molar-refractivity contribution in [3.05, 3.63) is 47.5 Å². The summed E-state index contributed by atoms with van der Waals surface area (Å²) in [7, 11) is 0. The van der Waals surface area contributed by atoms with Gasteiger partial charge in [0, 0.05) is 0 Å². The number of nitrogens with two attached hydrogens (primary N) is 2. The standard InChI is InChI=1S/C16H20N2/c1-3-11-7-5-6-8-13(11)14-9-10-15(17)16(18)12(14)4-2/h5-10H,3-4,17-18H2,1-2H3. The van der Waals surface area contributed by atoms with Crippen LogP contribution in [0.5, 0.6) is 0 Å². The minimum absolute atomic E-state index is 0.671. The fraction of sp³-hybridized carbons (Fsp3) is 0.250. The summed E-state index contributed by atoms with van der Waals surface area (Å²) in [5.41, 5.74) is 18.4. The van der Waals surface area contributed by atoms with Crippen molar-refractivity contribution in [2.75, 3.05) is 11.5 Å². The Morgan fingerprint density at radius 3 is 2.22 bits per heavy atom. The Bertz CT molecular complexity index is 559. The number of anilines is 2. The Balaban J connectivity index is 2.67. The highest BCUT2D eigenvalue weighted by atomic mass is 14.7. The van der Waals surface area contributed by atoms with Crippen molar-refractivity contribution in [2.24, 2.45) is 0 Å². The third-order valence-corrected chi connectivity index (χ3v) is 3.43. The van der Waals surface area contributed by atoms with E-state index in [1.54, 1.807) is 0 Å². The molecule has 0 heterocycles. The van der Waals surface area contributed by atoms with Crippen molar-refractivity contribution < 1.29 is 0 Å². The topological polar surface area (TPSA) is 52.0 Å². The van der Waals surface area contributed by atoms with Crippen molar-refractivity contribution >= 4 is 11.4 Å². The number of aryl methyl sites for hydroxylation is 1. The smallest absolute Gasteiger partial charge is 0.0586 e. The molecule has 2 aromatic rings. The van der Waals surface area contributed by atoms with Crippen molar-refractivity contribution in [1.29, 1.82) is 0 Å². The van der Waals surface area contributed by atoms with Gasteiger partial charge < -0.3 is 11.5 Å². The van der Waals surface area contributed by atoms with Crippen LogP contribution < -0.4 is 11.5 Å². The molecule has 94 valence electrons. The number of benzene rings is 2. The predicted molar refractivity (Wildman–Crippen MR) is 79.5 cm³/mol. The Hall–Kier alpha value is -1.96. The molecule has 0 aliphatic heterocycles. The first-order chi connectivity index (χ1) is 8.69. The van der Waals surface area contributed by atoms with Crippen LogP contribution in [0.15, 0.2) is 36.4 Å². The van der Waals surface area contributed by atoms with Gasteiger partial charge in [-0.15, -0.1) is 0 Å². The van der Waals surface area contributed by atoms with Crippen LogP contribution in [0.3, 0.4) is 0 Å². The van der Waals surface area contributed by atoms with Crippen LogP contribution in [0.1, 0.15) is 25.0 Å². The molecule has 0 saturated carbocycles. The monoisotopic (exact) mass is 240 g/mol. The Labute approximate surface area is 109 Å². The van der Waals surface area contributed by atoms with Crippen molar-refractivity contribution in [2.45, 2.75) is 26.7 Å². The molecule has 0 radical (unpaired) electrons. The summed E-state index contributed by atoms with van der Waals surface area (Å²) in [6.45, 7) is 4.29. The van der Waals surface area contributed by atoms with E-state index in [9.17, 15) is 0 Å². The Morgan fingerprint density at radius 1 is 0.833 bits per heavy atom. The summed E-state index contributed by atoms with van der Waals surface area (Å²) in [5, 5.41) is 0. The summed E-state index contributed by atoms with van der Waals surface area (Å²) in [5.74, 6) is 0. The van der Waals surface area contributed by atoms with E-state index in [0.717, 1.165) is 24.1 Å². The first-order valence-electron chi connectivity index (χ1n) is 6.44. The van der Waals surface area contributed by atoms with Gasteiger partial charge in [0.15, 0.2) is 0 Å². The lowest BCUT2D eigenvalue weighted by atomic mass is 9.92. The average molecular weight is 240 g/mol. The van der Waals surface area contributed by atoms with Gasteiger partial charge in [-0.05, 0) is 41.2 Å². The molecule has 2 aromatic carbocycles. The van der Waals surface area contributed by atoms with Gasteiger partial charge in [-0.3, -0.25) is 0 Å². The summed E-state index contributed by atoms with van der Waals surface area (Å²) in [6, 6.07) is 12.5. The summed E-state index contributed by atoms with van der Waals surface area (Å²) >= 11 is 0. The maximum Gasteiger partial charge on any atom is 0.0586 e. The minimum atomic E-state index is 0.671. The van der Waals surface area contributed by atoms with E-state index >= 15 is 0 Å². The van der Waals surface area contributed by atoms with Crippen molar-refractivity contribution in [1.82, 2.24) is 0 Å². The number of hydrogen-bond acceptors (Lipinski definition) is 2. The molecule has 0 aliphatic rings. The van der Waals surface area contributed by atoms with Gasteiger partial charge in [0.1, 0.15) is 0 Å². The summed E-state index contributed by atoms with van der Waals surface area (Å²) < 4.78 is 0. The van der Waals surface area contributed by atoms with Gasteiger partial charge in [-0.2, -0.15) is 0 Å². The number of nitrogen functional groups attached to an aromatic ring is 2. The molecule has 0 spiro atoms. The highest BCUT2D eigenvalue weighted by molar-refractivity contribution is 5.81. The highest BCUT2D eigenvalue weighted by Crippen LogP contribution is 2.33. The Kier molecular flexibility index (Phi) is 3.56. The zero-order valence-electron chi connectivity index (χ0n) is 11.0. The fourth-order valence-electron chi connectivity index (χ4n) is 2.41. The average Bonchev–Trinajstić information content (AvgIpc) is 2.41. The zero-order valence-corrected chi connectivity index (χ0v) is 11.0. The van der Waals surface area contributed by atoms with E-state index in [4.69, 9.17) is 11.5 Å². The van der Waals surface area contributed by atoms with Gasteiger partial charge in [0.05, 0.1) is 11.4 Å². The van der Waals surface area contributed by atoms with Crippen LogP contribution in [0, 0.1) is 0 Å². The third-order valence-electron chi connectivity index (χ3n) is 3.43. The Morgan fingerprint density at radius 2 is 1.56 bits per heavy atom. The largest absolute Gasteiger partial charge is 0.397 e. The molecule has 2 nitrogen and oxygen atoms in total. The lowest BCUT2D eigenvalue weighted by molar-refractivity contribution is 1.12. The van der Waals surface area contributed by atoms with Crippen molar-refractivity contribution in [3.8, 4) is 11.1 Å². The molecule has 0 aromatic heterocycles. The molecule has 0 bridgehead atoms. The van der Waals surface area contributed by atoms with Gasteiger partial charge >= 0.3 is 0 Å². The number of rotatable bonds is 3. The van der Waals surface area contributed by atoms with E-state index in [2.05, 4.69) is 44.2 Å². The molecule has 0 atom stereocenters. The van der Waals surface area contributed by atoms with Crippen LogP contribution in [-0.2, 0) is 12.8 Å². The predicted octanol–water partition coefficient (Wildman–Crippen LogP) is 3.64. The molecule has 0 aliphatic carbocycles. The lowest BCUT2D eigenvalue weighted by Crippen LogP contribution is -2.02. The normalized spacial score (nSPS) is 10.6. The van der Waals surface area contributed by atoms with E-state index in [1.807, 2.05) is 6.07 Å². The van der Waals surface area contributed by atoms with E-state index < -0.39 is 0 Å². The number of hydrogen-bond donors (Lipinski definition) is 2. The van der Waals surface area contributed by atoms with Crippen LogP contribution in [0.25, 0.3) is 11.1 Å². The van der Waals surface area contributed by atoms with Crippen LogP contribution in [-0.4, -0.2) is 0 Å². The molecule has 2 rings (SSSR count). The van der Waals surface area contributed by atoms with Crippen LogP contribution in [0.4, 0.5) is 11.4 Å². The maximum absolute atomic E-state index is 6.10. The van der Waals surface area contributed by atoms with E-state index in [1.165, 1.54) is 16.7 Å². The van der Waals surface area contributed by atoms with E-state index in [-0.39, 0.29) is 0 Å². The quantitative estimate of drug-likeness (QED) is 0.805. The summed E-state index contributed by atoms with van der Waals surface area (Å²) in [4.78, 5) is 0.